The molecule has 0 fully saturated rings. The maximum atomic E-state index is 5.51. The molecule has 8 heteroatoms. The van der Waals surface area contributed by atoms with Gasteiger partial charge in [0, 0.05) is 6.07 Å². The number of nitrogens with zero attached hydrogens (tertiary/aromatic N) is 4. The third kappa shape index (κ3) is 2.09. The molecule has 0 aromatic carbocycles. The largest absolute Gasteiger partial charge is 0.383 e. The highest BCUT2D eigenvalue weighted by atomic mass is 32.2. The minimum atomic E-state index is 0.164. The fraction of sp³-hybridized carbons (Fsp3) is 0. The number of nitrogen functional groups attached to an aromatic ring is 2. The average molecular weight is 226 g/mol. The Kier molecular flexibility index (Phi) is 2.46. The number of nitrogens with two attached hydrogens (primary N) is 2. The molecule has 0 spiro atoms. The molecule has 4 N–H and O–H groups in total. The first kappa shape index (κ1) is 9.16. The van der Waals surface area contributed by atoms with Gasteiger partial charge in [-0.15, -0.1) is 10.2 Å². The molecular weight excluding hydrogens is 220 g/mol. The van der Waals surface area contributed by atoms with Gasteiger partial charge in [-0.05, 0) is 11.8 Å². The average Bonchev–Trinajstić information content (AvgIpc) is 2.54. The number of aromatic nitrogens is 4. The van der Waals surface area contributed by atoms with Crippen molar-refractivity contribution in [1.29, 1.82) is 0 Å². The second kappa shape index (κ2) is 3.76. The number of hydrogen-bond acceptors (Lipinski definition) is 8. The lowest BCUT2D eigenvalue weighted by atomic mass is 10.6. The summed E-state index contributed by atoms with van der Waals surface area (Å²) in [5, 5.41) is 8.24. The van der Waals surface area contributed by atoms with Crippen molar-refractivity contribution >= 4 is 34.9 Å². The van der Waals surface area contributed by atoms with Crippen molar-refractivity contribution in [2.75, 3.05) is 11.5 Å². The van der Waals surface area contributed by atoms with E-state index in [2.05, 4.69) is 20.2 Å². The lowest BCUT2D eigenvalue weighted by molar-refractivity contribution is 1.00. The predicted octanol–water partition coefficient (Wildman–Crippen LogP) is 0.644. The summed E-state index contributed by atoms with van der Waals surface area (Å²) in [5.74, 6) is 0.515. The van der Waals surface area contributed by atoms with E-state index >= 15 is 0 Å². The van der Waals surface area contributed by atoms with Crippen molar-refractivity contribution in [3.8, 4) is 0 Å². The molecule has 6 nitrogen and oxygen atoms in total. The van der Waals surface area contributed by atoms with Crippen LogP contribution in [-0.2, 0) is 0 Å². The molecule has 14 heavy (non-hydrogen) atoms. The summed E-state index contributed by atoms with van der Waals surface area (Å²) in [7, 11) is 0. The van der Waals surface area contributed by atoms with Gasteiger partial charge in [0.2, 0.25) is 5.95 Å². The van der Waals surface area contributed by atoms with Crippen molar-refractivity contribution in [2.45, 2.75) is 9.37 Å². The van der Waals surface area contributed by atoms with E-state index in [0.29, 0.717) is 10.8 Å². The minimum Gasteiger partial charge on any atom is -0.383 e. The van der Waals surface area contributed by atoms with Gasteiger partial charge in [-0.25, -0.2) is 4.98 Å². The van der Waals surface area contributed by atoms with Gasteiger partial charge in [-0.2, -0.15) is 4.98 Å². The zero-order valence-electron chi connectivity index (χ0n) is 6.91. The first-order valence-electron chi connectivity index (χ1n) is 3.58. The maximum absolute atomic E-state index is 5.51. The molecule has 2 rings (SSSR count). The molecule has 2 aromatic rings. The van der Waals surface area contributed by atoms with Crippen LogP contribution in [0.4, 0.5) is 11.8 Å². The molecule has 2 heterocycles. The standard InChI is InChI=1S/C6H6N6S2/c7-3-1-4(11-5(8)10-3)14-6-12-9-2-13-6/h1-2H,(H4,7,8,10,11). The molecule has 0 amide bonds. The Hall–Kier alpha value is -1.41. The monoisotopic (exact) mass is 226 g/mol. The molecule has 0 atom stereocenters. The SMILES string of the molecule is Nc1cc(Sc2nncs2)nc(N)n1. The summed E-state index contributed by atoms with van der Waals surface area (Å²) in [4.78, 5) is 7.76. The lowest BCUT2D eigenvalue weighted by Gasteiger charge is -1.99. The van der Waals surface area contributed by atoms with Crippen LogP contribution in [0.2, 0.25) is 0 Å². The van der Waals surface area contributed by atoms with E-state index in [-0.39, 0.29) is 5.95 Å². The Balaban J connectivity index is 2.25. The van der Waals surface area contributed by atoms with Gasteiger partial charge in [0.05, 0.1) is 0 Å². The molecule has 0 saturated carbocycles. The first-order chi connectivity index (χ1) is 6.74. The van der Waals surface area contributed by atoms with E-state index in [4.69, 9.17) is 11.5 Å². The van der Waals surface area contributed by atoms with Gasteiger partial charge in [0.25, 0.3) is 0 Å². The van der Waals surface area contributed by atoms with Crippen LogP contribution < -0.4 is 11.5 Å². The Labute approximate surface area is 87.8 Å². The van der Waals surface area contributed by atoms with Crippen molar-refractivity contribution in [1.82, 2.24) is 20.2 Å². The quantitative estimate of drug-likeness (QED) is 0.724. The Morgan fingerprint density at radius 3 is 2.79 bits per heavy atom. The molecule has 0 aliphatic rings. The molecule has 0 aliphatic carbocycles. The molecule has 72 valence electrons. The summed E-state index contributed by atoms with van der Waals surface area (Å²) in [6, 6.07) is 1.64. The van der Waals surface area contributed by atoms with Crippen molar-refractivity contribution in [3.63, 3.8) is 0 Å². The molecule has 0 unspecified atom stereocenters. The van der Waals surface area contributed by atoms with Gasteiger partial charge >= 0.3 is 0 Å². The van der Waals surface area contributed by atoms with Crippen LogP contribution in [0.5, 0.6) is 0 Å². The third-order valence-electron chi connectivity index (χ3n) is 1.27. The molecule has 0 bridgehead atoms. The van der Waals surface area contributed by atoms with Gasteiger partial charge in [-0.1, -0.05) is 11.3 Å². The van der Waals surface area contributed by atoms with Crippen LogP contribution in [0, 0.1) is 0 Å². The molecule has 0 saturated heterocycles. The van der Waals surface area contributed by atoms with Gasteiger partial charge in [-0.3, -0.25) is 0 Å². The summed E-state index contributed by atoms with van der Waals surface area (Å²) in [5.41, 5.74) is 12.6. The van der Waals surface area contributed by atoms with Crippen LogP contribution in [0.15, 0.2) is 20.9 Å². The maximum Gasteiger partial charge on any atom is 0.223 e. The van der Waals surface area contributed by atoms with E-state index in [1.54, 1.807) is 11.6 Å². The Morgan fingerprint density at radius 2 is 2.14 bits per heavy atom. The summed E-state index contributed by atoms with van der Waals surface area (Å²) in [6.07, 6.45) is 0. The van der Waals surface area contributed by atoms with Crippen LogP contribution >= 0.6 is 23.1 Å². The van der Waals surface area contributed by atoms with Gasteiger partial charge < -0.3 is 11.5 Å². The van der Waals surface area contributed by atoms with Crippen molar-refractivity contribution < 1.29 is 0 Å². The van der Waals surface area contributed by atoms with Crippen LogP contribution in [0.3, 0.4) is 0 Å². The second-order valence-corrected chi connectivity index (χ2v) is 4.40. The summed E-state index contributed by atoms with van der Waals surface area (Å²) in [6.45, 7) is 0. The highest BCUT2D eigenvalue weighted by molar-refractivity contribution is 8.00. The smallest absolute Gasteiger partial charge is 0.223 e. The molecule has 0 radical (unpaired) electrons. The fourth-order valence-electron chi connectivity index (χ4n) is 0.810. The predicted molar refractivity (Wildman–Crippen MR) is 54.9 cm³/mol. The Bertz CT molecular complexity index is 408. The van der Waals surface area contributed by atoms with Crippen LogP contribution in [0.25, 0.3) is 0 Å². The van der Waals surface area contributed by atoms with Gasteiger partial charge in [0.1, 0.15) is 16.4 Å². The fourth-order valence-corrected chi connectivity index (χ4v) is 2.25. The lowest BCUT2D eigenvalue weighted by Crippen LogP contribution is -1.99. The zero-order valence-corrected chi connectivity index (χ0v) is 8.55. The van der Waals surface area contributed by atoms with Crippen LogP contribution in [0.1, 0.15) is 0 Å². The number of rotatable bonds is 2. The summed E-state index contributed by atoms with van der Waals surface area (Å²) >= 11 is 2.78. The minimum absolute atomic E-state index is 0.164. The number of anilines is 2. The van der Waals surface area contributed by atoms with Crippen molar-refractivity contribution in [3.05, 3.63) is 11.6 Å². The zero-order chi connectivity index (χ0) is 9.97. The first-order valence-corrected chi connectivity index (χ1v) is 5.28. The third-order valence-corrected chi connectivity index (χ3v) is 2.97. The van der Waals surface area contributed by atoms with E-state index < -0.39 is 0 Å². The molecule has 0 aliphatic heterocycles. The van der Waals surface area contributed by atoms with E-state index in [1.165, 1.54) is 23.1 Å². The highest BCUT2D eigenvalue weighted by Gasteiger charge is 2.04. The van der Waals surface area contributed by atoms with E-state index in [1.807, 2.05) is 0 Å². The Morgan fingerprint density at radius 1 is 1.29 bits per heavy atom. The van der Waals surface area contributed by atoms with Crippen LogP contribution in [-0.4, -0.2) is 20.2 Å². The molecule has 2 aromatic heterocycles. The normalized spacial score (nSPS) is 10.3. The highest BCUT2D eigenvalue weighted by Crippen LogP contribution is 2.27. The van der Waals surface area contributed by atoms with E-state index in [0.717, 1.165) is 4.34 Å². The second-order valence-electron chi connectivity index (χ2n) is 2.30. The van der Waals surface area contributed by atoms with Crippen molar-refractivity contribution in [2.24, 2.45) is 0 Å². The van der Waals surface area contributed by atoms with Gasteiger partial charge in [0.15, 0.2) is 4.34 Å². The molecular formula is C6H6N6S2. The van der Waals surface area contributed by atoms with E-state index in [9.17, 15) is 0 Å². The number of hydrogen-bond donors (Lipinski definition) is 2. The topological polar surface area (TPSA) is 104 Å². The summed E-state index contributed by atoms with van der Waals surface area (Å²) < 4.78 is 0.794.